The second kappa shape index (κ2) is 9.17. The molecule has 0 heterocycles. The number of nitrogens with one attached hydrogen (secondary N) is 1. The molecule has 0 atom stereocenters. The minimum absolute atomic E-state index is 0.430. The maximum atomic E-state index is 6.19. The highest BCUT2D eigenvalue weighted by Gasteiger charge is 2.06. The maximum absolute atomic E-state index is 6.19. The van der Waals surface area contributed by atoms with Crippen LogP contribution in [0.5, 0.6) is 5.75 Å². The number of para-hydroxylation sites is 1. The number of rotatable bonds is 8. The molecule has 0 fully saturated rings. The molecule has 2 aromatic rings. The lowest BCUT2D eigenvalue weighted by Crippen LogP contribution is -2.16. The third-order valence-corrected chi connectivity index (χ3v) is 4.17. The number of halogens is 2. The number of benzene rings is 2. The van der Waals surface area contributed by atoms with E-state index in [1.165, 1.54) is 6.42 Å². The summed E-state index contributed by atoms with van der Waals surface area (Å²) in [5.74, 6) is 1.59. The molecule has 0 unspecified atom stereocenters. The smallest absolute Gasteiger partial charge is 0.124 e. The van der Waals surface area contributed by atoms with Crippen LogP contribution in [0.4, 0.5) is 0 Å². The predicted octanol–water partition coefficient (Wildman–Crippen LogP) is 5.71. The van der Waals surface area contributed by atoms with Gasteiger partial charge < -0.3 is 10.1 Å². The summed E-state index contributed by atoms with van der Waals surface area (Å²) < 4.78 is 5.95. The van der Waals surface area contributed by atoms with Crippen molar-refractivity contribution in [1.82, 2.24) is 5.32 Å². The van der Waals surface area contributed by atoms with Crippen molar-refractivity contribution in [2.24, 2.45) is 5.92 Å². The number of hydrogen-bond donors (Lipinski definition) is 1. The van der Waals surface area contributed by atoms with E-state index in [1.807, 2.05) is 30.3 Å². The molecule has 0 aliphatic carbocycles. The Morgan fingerprint density at radius 1 is 1.04 bits per heavy atom. The Morgan fingerprint density at radius 3 is 2.57 bits per heavy atom. The summed E-state index contributed by atoms with van der Waals surface area (Å²) in [4.78, 5) is 0. The second-order valence-corrected chi connectivity index (χ2v) is 6.84. The topological polar surface area (TPSA) is 21.3 Å². The Labute approximate surface area is 148 Å². The van der Waals surface area contributed by atoms with Crippen molar-refractivity contribution < 1.29 is 4.74 Å². The van der Waals surface area contributed by atoms with Gasteiger partial charge in [0.15, 0.2) is 0 Å². The average molecular weight is 352 g/mol. The molecule has 0 radical (unpaired) electrons. The molecule has 4 heteroatoms. The van der Waals surface area contributed by atoms with Crippen LogP contribution in [-0.2, 0) is 13.2 Å². The maximum Gasteiger partial charge on any atom is 0.124 e. The van der Waals surface area contributed by atoms with Crippen LogP contribution in [0.25, 0.3) is 0 Å². The summed E-state index contributed by atoms with van der Waals surface area (Å²) in [5.41, 5.74) is 2.08. The molecule has 0 amide bonds. The third-order valence-electron chi connectivity index (χ3n) is 3.58. The minimum Gasteiger partial charge on any atom is -0.489 e. The van der Waals surface area contributed by atoms with Gasteiger partial charge in [-0.15, -0.1) is 0 Å². The quantitative estimate of drug-likeness (QED) is 0.615. The Morgan fingerprint density at radius 2 is 1.83 bits per heavy atom. The zero-order chi connectivity index (χ0) is 16.7. The van der Waals surface area contributed by atoms with E-state index in [0.717, 1.165) is 30.0 Å². The summed E-state index contributed by atoms with van der Waals surface area (Å²) >= 11 is 12.1. The molecule has 2 aromatic carbocycles. The van der Waals surface area contributed by atoms with Crippen molar-refractivity contribution in [3.63, 3.8) is 0 Å². The molecule has 2 nitrogen and oxygen atoms in total. The summed E-state index contributed by atoms with van der Waals surface area (Å²) in [6.45, 7) is 6.70. The molecule has 0 aliphatic heterocycles. The van der Waals surface area contributed by atoms with E-state index < -0.39 is 0 Å². The van der Waals surface area contributed by atoms with Crippen LogP contribution >= 0.6 is 23.2 Å². The van der Waals surface area contributed by atoms with Crippen LogP contribution < -0.4 is 10.1 Å². The van der Waals surface area contributed by atoms with E-state index >= 15 is 0 Å². The van der Waals surface area contributed by atoms with Gasteiger partial charge in [-0.25, -0.2) is 0 Å². The van der Waals surface area contributed by atoms with Gasteiger partial charge in [-0.1, -0.05) is 61.3 Å². The van der Waals surface area contributed by atoms with Crippen molar-refractivity contribution in [3.05, 3.63) is 63.6 Å². The fourth-order valence-corrected chi connectivity index (χ4v) is 2.66. The van der Waals surface area contributed by atoms with Crippen LogP contribution in [0.3, 0.4) is 0 Å². The van der Waals surface area contributed by atoms with Gasteiger partial charge in [0, 0.05) is 27.7 Å². The third kappa shape index (κ3) is 6.06. The molecule has 1 N–H and O–H groups in total. The molecule has 124 valence electrons. The molecule has 0 saturated carbocycles. The first-order valence-electron chi connectivity index (χ1n) is 7.91. The van der Waals surface area contributed by atoms with Gasteiger partial charge in [-0.2, -0.15) is 0 Å². The monoisotopic (exact) mass is 351 g/mol. The Balaban J connectivity index is 1.94. The van der Waals surface area contributed by atoms with Crippen molar-refractivity contribution in [3.8, 4) is 5.75 Å². The van der Waals surface area contributed by atoms with Gasteiger partial charge in [-0.3, -0.25) is 0 Å². The van der Waals surface area contributed by atoms with Gasteiger partial charge in [0.2, 0.25) is 0 Å². The first kappa shape index (κ1) is 18.1. The molecular formula is C19H23Cl2NO. The van der Waals surface area contributed by atoms with Crippen LogP contribution in [0, 0.1) is 5.92 Å². The van der Waals surface area contributed by atoms with Gasteiger partial charge >= 0.3 is 0 Å². The lowest BCUT2D eigenvalue weighted by Gasteiger charge is -2.13. The first-order valence-corrected chi connectivity index (χ1v) is 8.67. The Bertz CT molecular complexity index is 629. The highest BCUT2D eigenvalue weighted by Crippen LogP contribution is 2.24. The highest BCUT2D eigenvalue weighted by atomic mass is 35.5. The summed E-state index contributed by atoms with van der Waals surface area (Å²) in [6, 6.07) is 13.5. The van der Waals surface area contributed by atoms with Crippen LogP contribution in [0.2, 0.25) is 10.0 Å². The van der Waals surface area contributed by atoms with E-state index in [2.05, 4.69) is 25.2 Å². The van der Waals surface area contributed by atoms with Gasteiger partial charge in [0.1, 0.15) is 12.4 Å². The van der Waals surface area contributed by atoms with Crippen molar-refractivity contribution in [2.45, 2.75) is 33.4 Å². The van der Waals surface area contributed by atoms with Crippen LogP contribution in [0.1, 0.15) is 31.4 Å². The average Bonchev–Trinajstić information content (AvgIpc) is 2.51. The molecule has 2 rings (SSSR count). The van der Waals surface area contributed by atoms with Crippen molar-refractivity contribution in [2.75, 3.05) is 6.54 Å². The number of ether oxygens (including phenoxy) is 1. The van der Waals surface area contributed by atoms with Crippen molar-refractivity contribution in [1.29, 1.82) is 0 Å². The van der Waals surface area contributed by atoms with E-state index in [1.54, 1.807) is 6.07 Å². The van der Waals surface area contributed by atoms with Crippen LogP contribution in [0.15, 0.2) is 42.5 Å². The van der Waals surface area contributed by atoms with Gasteiger partial charge in [0.25, 0.3) is 0 Å². The normalized spacial score (nSPS) is 11.0. The minimum atomic E-state index is 0.430. The van der Waals surface area contributed by atoms with E-state index in [9.17, 15) is 0 Å². The lowest BCUT2D eigenvalue weighted by atomic mass is 10.1. The second-order valence-electron chi connectivity index (χ2n) is 5.99. The summed E-state index contributed by atoms with van der Waals surface area (Å²) in [6.07, 6.45) is 1.17. The highest BCUT2D eigenvalue weighted by molar-refractivity contribution is 6.35. The molecule has 0 aromatic heterocycles. The number of hydrogen-bond acceptors (Lipinski definition) is 2. The van der Waals surface area contributed by atoms with E-state index in [0.29, 0.717) is 22.6 Å². The molecule has 0 saturated heterocycles. The van der Waals surface area contributed by atoms with E-state index in [4.69, 9.17) is 27.9 Å². The molecule has 0 bridgehead atoms. The van der Waals surface area contributed by atoms with Crippen molar-refractivity contribution >= 4 is 23.2 Å². The van der Waals surface area contributed by atoms with Gasteiger partial charge in [-0.05, 0) is 37.1 Å². The zero-order valence-corrected chi connectivity index (χ0v) is 15.1. The largest absolute Gasteiger partial charge is 0.489 e. The van der Waals surface area contributed by atoms with Gasteiger partial charge in [0.05, 0.1) is 0 Å². The predicted molar refractivity (Wildman–Crippen MR) is 98.4 cm³/mol. The standard InChI is InChI=1S/C19H23Cl2NO/c1-14(2)9-10-22-12-15-5-3-4-6-19(15)23-13-16-7-8-17(20)11-18(16)21/h3-8,11,14,22H,9-10,12-13H2,1-2H3. The molecular weight excluding hydrogens is 329 g/mol. The van der Waals surface area contributed by atoms with Crippen LogP contribution in [-0.4, -0.2) is 6.54 Å². The first-order chi connectivity index (χ1) is 11.1. The van der Waals surface area contributed by atoms with E-state index in [-0.39, 0.29) is 0 Å². The zero-order valence-electron chi connectivity index (χ0n) is 13.6. The fourth-order valence-electron chi connectivity index (χ4n) is 2.20. The Kier molecular flexibility index (Phi) is 7.22. The lowest BCUT2D eigenvalue weighted by molar-refractivity contribution is 0.302. The Hall–Kier alpha value is -1.22. The molecule has 23 heavy (non-hydrogen) atoms. The molecule has 0 aliphatic rings. The SMILES string of the molecule is CC(C)CCNCc1ccccc1OCc1ccc(Cl)cc1Cl. The summed E-state index contributed by atoms with van der Waals surface area (Å²) in [7, 11) is 0. The molecule has 0 spiro atoms. The fraction of sp³-hybridized carbons (Fsp3) is 0.368. The summed E-state index contributed by atoms with van der Waals surface area (Å²) in [5, 5.41) is 4.73.